The first kappa shape index (κ1) is 14.7. The van der Waals surface area contributed by atoms with E-state index in [0.717, 1.165) is 5.56 Å². The Morgan fingerprint density at radius 3 is 2.52 bits per heavy atom. The maximum Gasteiger partial charge on any atom is 0.319 e. The number of nitrogens with one attached hydrogen (secondary N) is 2. The molecule has 0 saturated carbocycles. The quantitative estimate of drug-likeness (QED) is 0.755. The molecule has 2 rings (SSSR count). The van der Waals surface area contributed by atoms with Gasteiger partial charge in [-0.05, 0) is 30.7 Å². The lowest BCUT2D eigenvalue weighted by atomic mass is 10.1. The van der Waals surface area contributed by atoms with E-state index in [2.05, 4.69) is 10.6 Å². The predicted molar refractivity (Wildman–Crippen MR) is 84.4 cm³/mol. The molecule has 0 aliphatic carbocycles. The van der Waals surface area contributed by atoms with Crippen LogP contribution in [0.25, 0.3) is 0 Å². The predicted octanol–water partition coefficient (Wildman–Crippen LogP) is 3.16. The van der Waals surface area contributed by atoms with Crippen LogP contribution in [0.3, 0.4) is 0 Å². The number of nitrogens with two attached hydrogens (primary N) is 1. The van der Waals surface area contributed by atoms with Crippen molar-refractivity contribution in [3.63, 3.8) is 0 Å². The number of para-hydroxylation sites is 3. The van der Waals surface area contributed by atoms with Gasteiger partial charge in [-0.2, -0.15) is 0 Å². The molecular weight excluding hydrogens is 266 g/mol. The van der Waals surface area contributed by atoms with Gasteiger partial charge in [-0.15, -0.1) is 0 Å². The van der Waals surface area contributed by atoms with Crippen molar-refractivity contribution in [2.24, 2.45) is 0 Å². The molecule has 2 aromatic rings. The summed E-state index contributed by atoms with van der Waals surface area (Å²) in [6.07, 6.45) is 0. The van der Waals surface area contributed by atoms with Gasteiger partial charge < -0.3 is 21.1 Å². The van der Waals surface area contributed by atoms with E-state index in [0.29, 0.717) is 17.1 Å². The lowest BCUT2D eigenvalue weighted by molar-refractivity contribution is 0.249. The average molecular weight is 285 g/mol. The highest BCUT2D eigenvalue weighted by atomic mass is 16.5. The largest absolute Gasteiger partial charge is 0.495 e. The number of ether oxygens (including phenoxy) is 1. The summed E-state index contributed by atoms with van der Waals surface area (Å²) in [5.74, 6) is 0.611. The van der Waals surface area contributed by atoms with Crippen molar-refractivity contribution in [1.82, 2.24) is 5.32 Å². The van der Waals surface area contributed by atoms with Crippen LogP contribution in [0.2, 0.25) is 0 Å². The third-order valence-electron chi connectivity index (χ3n) is 3.17. The summed E-state index contributed by atoms with van der Waals surface area (Å²) in [6, 6.07) is 14.2. The first-order chi connectivity index (χ1) is 10.1. The van der Waals surface area contributed by atoms with Crippen LogP contribution in [-0.2, 0) is 0 Å². The van der Waals surface area contributed by atoms with Crippen molar-refractivity contribution in [2.45, 2.75) is 13.0 Å². The topological polar surface area (TPSA) is 76.4 Å². The Balaban J connectivity index is 2.03. The van der Waals surface area contributed by atoms with Gasteiger partial charge in [0.1, 0.15) is 5.75 Å². The van der Waals surface area contributed by atoms with Crippen LogP contribution in [0, 0.1) is 0 Å². The highest BCUT2D eigenvalue weighted by Gasteiger charge is 2.13. The zero-order chi connectivity index (χ0) is 15.2. The summed E-state index contributed by atoms with van der Waals surface area (Å²) >= 11 is 0. The monoisotopic (exact) mass is 285 g/mol. The van der Waals surface area contributed by atoms with Gasteiger partial charge in [-0.1, -0.05) is 30.3 Å². The van der Waals surface area contributed by atoms with Gasteiger partial charge in [0.05, 0.1) is 18.8 Å². The van der Waals surface area contributed by atoms with Crippen molar-refractivity contribution in [2.75, 3.05) is 18.2 Å². The molecule has 0 bridgehead atoms. The van der Waals surface area contributed by atoms with Crippen molar-refractivity contribution in [3.8, 4) is 5.75 Å². The molecule has 0 fully saturated rings. The Morgan fingerprint density at radius 1 is 1.14 bits per heavy atom. The summed E-state index contributed by atoms with van der Waals surface area (Å²) in [5.41, 5.74) is 8.06. The molecule has 1 unspecified atom stereocenters. The Hall–Kier alpha value is -2.69. The minimum absolute atomic E-state index is 0.194. The van der Waals surface area contributed by atoms with Crippen molar-refractivity contribution >= 4 is 17.4 Å². The van der Waals surface area contributed by atoms with Crippen LogP contribution in [0.5, 0.6) is 5.75 Å². The van der Waals surface area contributed by atoms with Crippen molar-refractivity contribution in [3.05, 3.63) is 54.1 Å². The highest BCUT2D eigenvalue weighted by molar-refractivity contribution is 5.91. The lowest BCUT2D eigenvalue weighted by Crippen LogP contribution is -2.31. The SMILES string of the molecule is COc1ccccc1NC(=O)NC(C)c1ccccc1N. The van der Waals surface area contributed by atoms with Gasteiger partial charge in [-0.25, -0.2) is 4.79 Å². The van der Waals surface area contributed by atoms with E-state index in [1.54, 1.807) is 19.2 Å². The molecule has 0 radical (unpaired) electrons. The molecular formula is C16H19N3O2. The van der Waals surface area contributed by atoms with Crippen LogP contribution < -0.4 is 21.1 Å². The van der Waals surface area contributed by atoms with Gasteiger partial charge in [-0.3, -0.25) is 0 Å². The second-order valence-electron chi connectivity index (χ2n) is 4.65. The number of nitrogen functional groups attached to an aromatic ring is 1. The minimum Gasteiger partial charge on any atom is -0.495 e. The standard InChI is InChI=1S/C16H19N3O2/c1-11(12-7-3-4-8-13(12)17)18-16(20)19-14-9-5-6-10-15(14)21-2/h3-11H,17H2,1-2H3,(H2,18,19,20). The van der Waals surface area contributed by atoms with Crippen LogP contribution in [-0.4, -0.2) is 13.1 Å². The molecule has 2 aromatic carbocycles. The Kier molecular flexibility index (Phi) is 4.66. The second kappa shape index (κ2) is 6.65. The number of benzene rings is 2. The molecule has 1 atom stereocenters. The molecule has 0 aliphatic heterocycles. The van der Waals surface area contributed by atoms with Gasteiger partial charge in [0.2, 0.25) is 0 Å². The number of urea groups is 1. The molecule has 110 valence electrons. The average Bonchev–Trinajstić information content (AvgIpc) is 2.48. The molecule has 4 N–H and O–H groups in total. The van der Waals surface area contributed by atoms with Gasteiger partial charge in [0.15, 0.2) is 0 Å². The minimum atomic E-state index is -0.310. The normalized spacial score (nSPS) is 11.5. The van der Waals surface area contributed by atoms with E-state index in [1.165, 1.54) is 0 Å². The number of amides is 2. The zero-order valence-corrected chi connectivity index (χ0v) is 12.1. The summed E-state index contributed by atoms with van der Waals surface area (Å²) in [7, 11) is 1.56. The Bertz CT molecular complexity index is 628. The van der Waals surface area contributed by atoms with E-state index in [-0.39, 0.29) is 12.1 Å². The number of methoxy groups -OCH3 is 1. The van der Waals surface area contributed by atoms with E-state index in [9.17, 15) is 4.79 Å². The molecule has 0 aliphatic rings. The molecule has 5 nitrogen and oxygen atoms in total. The molecule has 5 heteroatoms. The van der Waals surface area contributed by atoms with E-state index in [4.69, 9.17) is 10.5 Å². The molecule has 21 heavy (non-hydrogen) atoms. The fourth-order valence-corrected chi connectivity index (χ4v) is 2.09. The lowest BCUT2D eigenvalue weighted by Gasteiger charge is -2.17. The van der Waals surface area contributed by atoms with Crippen LogP contribution >= 0.6 is 0 Å². The Morgan fingerprint density at radius 2 is 1.81 bits per heavy atom. The first-order valence-electron chi connectivity index (χ1n) is 6.66. The van der Waals surface area contributed by atoms with Crippen LogP contribution in [0.15, 0.2) is 48.5 Å². The summed E-state index contributed by atoms with van der Waals surface area (Å²) < 4.78 is 5.19. The molecule has 0 heterocycles. The summed E-state index contributed by atoms with van der Waals surface area (Å²) in [6.45, 7) is 1.88. The number of anilines is 2. The van der Waals surface area contributed by atoms with Crippen molar-refractivity contribution in [1.29, 1.82) is 0 Å². The third-order valence-corrected chi connectivity index (χ3v) is 3.17. The van der Waals surface area contributed by atoms with Gasteiger partial charge in [0, 0.05) is 5.69 Å². The highest BCUT2D eigenvalue weighted by Crippen LogP contribution is 2.23. The molecule has 0 aromatic heterocycles. The van der Waals surface area contributed by atoms with Crippen LogP contribution in [0.4, 0.5) is 16.2 Å². The maximum atomic E-state index is 12.1. The third kappa shape index (κ3) is 3.66. The zero-order valence-electron chi connectivity index (χ0n) is 12.1. The van der Waals surface area contributed by atoms with Crippen molar-refractivity contribution < 1.29 is 9.53 Å². The van der Waals surface area contributed by atoms with Gasteiger partial charge >= 0.3 is 6.03 Å². The summed E-state index contributed by atoms with van der Waals surface area (Å²) in [4.78, 5) is 12.1. The molecule has 0 spiro atoms. The van der Waals surface area contributed by atoms with E-state index < -0.39 is 0 Å². The van der Waals surface area contributed by atoms with Gasteiger partial charge in [0.25, 0.3) is 0 Å². The maximum absolute atomic E-state index is 12.1. The van der Waals surface area contributed by atoms with E-state index in [1.807, 2.05) is 43.3 Å². The number of rotatable bonds is 4. The number of hydrogen-bond acceptors (Lipinski definition) is 3. The molecule has 0 saturated heterocycles. The number of hydrogen-bond donors (Lipinski definition) is 3. The second-order valence-corrected chi connectivity index (χ2v) is 4.65. The number of carbonyl (C=O) groups is 1. The van der Waals surface area contributed by atoms with E-state index >= 15 is 0 Å². The Labute approximate surface area is 124 Å². The smallest absolute Gasteiger partial charge is 0.319 e. The summed E-state index contributed by atoms with van der Waals surface area (Å²) in [5, 5.41) is 5.62. The first-order valence-corrected chi connectivity index (χ1v) is 6.66. The molecule has 2 amide bonds. The fraction of sp³-hybridized carbons (Fsp3) is 0.188. The number of carbonyl (C=O) groups excluding carboxylic acids is 1. The van der Waals surface area contributed by atoms with Crippen LogP contribution in [0.1, 0.15) is 18.5 Å². The fourth-order valence-electron chi connectivity index (χ4n) is 2.09.